The van der Waals surface area contributed by atoms with Crippen LogP contribution in [0.1, 0.15) is 0 Å². The van der Waals surface area contributed by atoms with Crippen molar-refractivity contribution in [2.75, 3.05) is 6.66 Å². The zero-order valence-electron chi connectivity index (χ0n) is 7.76. The number of hydrogen-bond donors (Lipinski definition) is 1. The fraction of sp³-hybridized carbons (Fsp3) is 0.143. The summed E-state index contributed by atoms with van der Waals surface area (Å²) in [5.41, 5.74) is 0. The van der Waals surface area contributed by atoms with Gasteiger partial charge in [0.15, 0.2) is 0 Å². The molecule has 0 fully saturated rings. The molecule has 0 aliphatic heterocycles. The van der Waals surface area contributed by atoms with Crippen LogP contribution in [-0.4, -0.2) is 6.66 Å². The van der Waals surface area contributed by atoms with Gasteiger partial charge in [0.1, 0.15) is 5.75 Å². The second-order valence-electron chi connectivity index (χ2n) is 2.80. The molecular weight excluding hydrogens is 246 g/mol. The van der Waals surface area contributed by atoms with Crippen LogP contribution in [0.3, 0.4) is 0 Å². The summed E-state index contributed by atoms with van der Waals surface area (Å²) in [6.45, 7) is 0.605. The normalized spacial score (nSPS) is 18.9. The molecule has 0 aliphatic carbocycles. The zero-order valence-corrected chi connectivity index (χ0v) is 9.55. The summed E-state index contributed by atoms with van der Waals surface area (Å²) in [5, 5.41) is 0. The van der Waals surface area contributed by atoms with Crippen LogP contribution in [0, 0.1) is 0 Å². The molecule has 15 heavy (non-hydrogen) atoms. The van der Waals surface area contributed by atoms with E-state index in [1.165, 1.54) is 29.1 Å². The van der Waals surface area contributed by atoms with Crippen molar-refractivity contribution in [3.05, 3.63) is 30.3 Å². The summed E-state index contributed by atoms with van der Waals surface area (Å²) in [4.78, 5) is 1.20. The van der Waals surface area contributed by atoms with Gasteiger partial charge in [0.05, 0.1) is 0 Å². The van der Waals surface area contributed by atoms with Gasteiger partial charge in [-0.2, -0.15) is 4.20 Å². The first-order valence-corrected chi connectivity index (χ1v) is 7.46. The second-order valence-corrected chi connectivity index (χ2v) is 6.39. The summed E-state index contributed by atoms with van der Waals surface area (Å²) < 4.78 is 51.5. The average Bonchev–Trinajstić information content (AvgIpc) is 1.99. The minimum Gasteiger partial charge on any atom is -0.410 e. The van der Waals surface area contributed by atoms with E-state index in [9.17, 15) is 17.5 Å². The lowest BCUT2D eigenvalue weighted by Gasteiger charge is -2.12. The predicted molar refractivity (Wildman–Crippen MR) is 53.6 cm³/mol. The fourth-order valence-electron chi connectivity index (χ4n) is 0.851. The van der Waals surface area contributed by atoms with Crippen molar-refractivity contribution in [3.8, 4) is 5.75 Å². The van der Waals surface area contributed by atoms with Crippen molar-refractivity contribution < 1.29 is 22.0 Å². The van der Waals surface area contributed by atoms with Crippen molar-refractivity contribution >= 4 is 15.4 Å². The van der Waals surface area contributed by atoms with E-state index in [0.29, 0.717) is 6.66 Å². The van der Waals surface area contributed by atoms with Crippen molar-refractivity contribution in [1.82, 2.24) is 4.86 Å². The van der Waals surface area contributed by atoms with Gasteiger partial charge in [0.25, 0.3) is 0 Å². The molecule has 0 aliphatic rings. The molecule has 2 atom stereocenters. The first kappa shape index (κ1) is 12.4. The Balaban J connectivity index is 2.74. The molecule has 0 bridgehead atoms. The Bertz CT molecular complexity index is 420. The molecule has 0 radical (unpaired) electrons. The van der Waals surface area contributed by atoms with Gasteiger partial charge in [-0.1, -0.05) is 18.2 Å². The molecule has 84 valence electrons. The molecule has 0 heterocycles. The molecule has 0 saturated carbocycles. The van der Waals surface area contributed by atoms with E-state index in [2.05, 4.69) is 4.52 Å². The number of hydrogen-bond acceptors (Lipinski definition) is 3. The summed E-state index contributed by atoms with van der Waals surface area (Å²) in [6, 6.07) is 7.37. The van der Waals surface area contributed by atoms with E-state index in [-0.39, 0.29) is 5.75 Å². The van der Waals surface area contributed by atoms with E-state index in [4.69, 9.17) is 0 Å². The lowest BCUT2D eigenvalue weighted by molar-refractivity contribution is 0.427. The predicted octanol–water partition coefficient (Wildman–Crippen LogP) is 3.53. The summed E-state index contributed by atoms with van der Waals surface area (Å²) in [5.74, 6) is -0.0377. The van der Waals surface area contributed by atoms with E-state index in [0.717, 1.165) is 0 Å². The zero-order chi connectivity index (χ0) is 11.5. The highest BCUT2D eigenvalue weighted by Gasteiger charge is 2.32. The molecule has 0 aromatic heterocycles. The highest BCUT2D eigenvalue weighted by atomic mass is 31.3. The number of nitrogens with one attached hydrogen (secondary N) is 1. The van der Waals surface area contributed by atoms with Crippen LogP contribution in [0.4, 0.5) is 8.39 Å². The molecule has 8 heteroatoms. The molecule has 1 N–H and O–H groups in total. The topological polar surface area (TPSA) is 55.4 Å². The van der Waals surface area contributed by atoms with Crippen LogP contribution in [-0.2, 0) is 9.13 Å². The minimum atomic E-state index is -4.92. The largest absolute Gasteiger partial charge is 0.504 e. The molecule has 1 aromatic carbocycles. The van der Waals surface area contributed by atoms with Gasteiger partial charge < -0.3 is 4.52 Å². The van der Waals surface area contributed by atoms with E-state index < -0.39 is 15.4 Å². The van der Waals surface area contributed by atoms with Crippen LogP contribution in [0.15, 0.2) is 30.3 Å². The van der Waals surface area contributed by atoms with Crippen LogP contribution in [0.2, 0.25) is 0 Å². The Kier molecular flexibility index (Phi) is 3.66. The van der Waals surface area contributed by atoms with Gasteiger partial charge in [0.2, 0.25) is 0 Å². The smallest absolute Gasteiger partial charge is 0.410 e. The number of rotatable bonds is 4. The standard InChI is InChI=1S/C7H9F2NO3P2/c1-14(8,11)10-15(9,12)13-7-5-3-2-4-6-7/h2-6H,1H3,(H,10,11,12). The van der Waals surface area contributed by atoms with Crippen molar-refractivity contribution in [3.63, 3.8) is 0 Å². The van der Waals surface area contributed by atoms with E-state index >= 15 is 0 Å². The monoisotopic (exact) mass is 255 g/mol. The maximum absolute atomic E-state index is 13.1. The number of benzene rings is 1. The fourth-order valence-corrected chi connectivity index (χ4v) is 3.11. The summed E-state index contributed by atoms with van der Waals surface area (Å²) in [7, 11) is -9.36. The van der Waals surface area contributed by atoms with Gasteiger partial charge in [-0.3, -0.25) is 4.57 Å². The van der Waals surface area contributed by atoms with Crippen LogP contribution >= 0.6 is 15.4 Å². The third kappa shape index (κ3) is 5.07. The molecule has 1 aromatic rings. The van der Waals surface area contributed by atoms with E-state index in [1.54, 1.807) is 6.07 Å². The Morgan fingerprint density at radius 2 is 1.73 bits per heavy atom. The maximum Gasteiger partial charge on any atom is 0.504 e. The van der Waals surface area contributed by atoms with Crippen molar-refractivity contribution in [1.29, 1.82) is 0 Å². The van der Waals surface area contributed by atoms with Gasteiger partial charge in [-0.15, -0.1) is 9.05 Å². The molecule has 0 saturated heterocycles. The highest BCUT2D eigenvalue weighted by molar-refractivity contribution is 7.69. The first-order chi connectivity index (χ1) is 6.79. The van der Waals surface area contributed by atoms with Crippen molar-refractivity contribution in [2.24, 2.45) is 0 Å². The number of halogens is 2. The molecule has 1 rings (SSSR count). The van der Waals surface area contributed by atoms with Gasteiger partial charge in [0, 0.05) is 6.66 Å². The third-order valence-corrected chi connectivity index (χ3v) is 4.09. The molecule has 0 amide bonds. The minimum absolute atomic E-state index is 0.0377. The highest BCUT2D eigenvalue weighted by Crippen LogP contribution is 2.55. The van der Waals surface area contributed by atoms with Gasteiger partial charge in [-0.25, -0.2) is 4.57 Å². The Morgan fingerprint density at radius 3 is 2.20 bits per heavy atom. The van der Waals surface area contributed by atoms with Crippen molar-refractivity contribution in [2.45, 2.75) is 0 Å². The first-order valence-electron chi connectivity index (χ1n) is 3.90. The number of para-hydroxylation sites is 1. The lowest BCUT2D eigenvalue weighted by atomic mass is 10.3. The van der Waals surface area contributed by atoms with Crippen LogP contribution in [0.5, 0.6) is 5.75 Å². The summed E-state index contributed by atoms with van der Waals surface area (Å²) >= 11 is 0. The summed E-state index contributed by atoms with van der Waals surface area (Å²) in [6.07, 6.45) is 0. The molecular formula is C7H9F2NO3P2. The van der Waals surface area contributed by atoms with Gasteiger partial charge >= 0.3 is 15.4 Å². The average molecular weight is 255 g/mol. The quantitative estimate of drug-likeness (QED) is 0.836. The Morgan fingerprint density at radius 1 is 1.20 bits per heavy atom. The third-order valence-electron chi connectivity index (χ3n) is 1.26. The lowest BCUT2D eigenvalue weighted by Crippen LogP contribution is -2.05. The Labute approximate surface area is 85.8 Å². The van der Waals surface area contributed by atoms with E-state index in [1.807, 2.05) is 0 Å². The molecule has 2 unspecified atom stereocenters. The van der Waals surface area contributed by atoms with Gasteiger partial charge in [-0.05, 0) is 12.1 Å². The van der Waals surface area contributed by atoms with Crippen LogP contribution < -0.4 is 9.38 Å². The SMILES string of the molecule is CP(=O)(F)NP(=O)(F)Oc1ccccc1. The Hall–Kier alpha value is -0.700. The molecule has 4 nitrogen and oxygen atoms in total. The van der Waals surface area contributed by atoms with Crippen LogP contribution in [0.25, 0.3) is 0 Å². The maximum atomic E-state index is 13.1. The molecule has 0 spiro atoms. The second kappa shape index (κ2) is 4.44.